The standard InChI is InChI=1S/C19H19F3N2O3S/c20-19(21,22)15-6-8-17(9-7-15)28(26,27)24-12-10-14(11-13-24)18(25)23-16-4-2-1-3-5-16/h1-9,14H,10-13H2,(H,23,25). The summed E-state index contributed by atoms with van der Waals surface area (Å²) in [7, 11) is -3.90. The molecule has 0 aromatic heterocycles. The molecular weight excluding hydrogens is 393 g/mol. The molecule has 2 aromatic carbocycles. The predicted octanol–water partition coefficient (Wildman–Crippen LogP) is 3.74. The van der Waals surface area contributed by atoms with E-state index < -0.39 is 21.8 Å². The smallest absolute Gasteiger partial charge is 0.326 e. The maximum atomic E-state index is 12.7. The van der Waals surface area contributed by atoms with Crippen molar-refractivity contribution in [3.63, 3.8) is 0 Å². The number of hydrogen-bond acceptors (Lipinski definition) is 3. The first-order valence-electron chi connectivity index (χ1n) is 8.71. The summed E-state index contributed by atoms with van der Waals surface area (Å²) in [5, 5.41) is 2.80. The highest BCUT2D eigenvalue weighted by atomic mass is 32.2. The van der Waals surface area contributed by atoms with Crippen molar-refractivity contribution in [2.24, 2.45) is 5.92 Å². The second-order valence-electron chi connectivity index (χ2n) is 6.56. The molecule has 0 unspecified atom stereocenters. The zero-order valence-corrected chi connectivity index (χ0v) is 15.6. The van der Waals surface area contributed by atoms with E-state index in [9.17, 15) is 26.4 Å². The minimum Gasteiger partial charge on any atom is -0.326 e. The van der Waals surface area contributed by atoms with Gasteiger partial charge in [-0.25, -0.2) is 8.42 Å². The summed E-state index contributed by atoms with van der Waals surface area (Å²) >= 11 is 0. The molecule has 0 saturated carbocycles. The number of carbonyl (C=O) groups excluding carboxylic acids is 1. The van der Waals surface area contributed by atoms with Crippen LogP contribution in [0.5, 0.6) is 0 Å². The molecule has 9 heteroatoms. The fraction of sp³-hybridized carbons (Fsp3) is 0.316. The lowest BCUT2D eigenvalue weighted by molar-refractivity contribution is -0.137. The van der Waals surface area contributed by atoms with Crippen LogP contribution >= 0.6 is 0 Å². The maximum absolute atomic E-state index is 12.7. The maximum Gasteiger partial charge on any atom is 0.416 e. The van der Waals surface area contributed by atoms with Crippen molar-refractivity contribution in [2.45, 2.75) is 23.9 Å². The summed E-state index contributed by atoms with van der Waals surface area (Å²) < 4.78 is 64.5. The fourth-order valence-corrected chi connectivity index (χ4v) is 4.56. The van der Waals surface area contributed by atoms with Crippen LogP contribution in [-0.4, -0.2) is 31.7 Å². The molecule has 1 heterocycles. The van der Waals surface area contributed by atoms with E-state index >= 15 is 0 Å². The van der Waals surface area contributed by atoms with Gasteiger partial charge in [-0.15, -0.1) is 0 Å². The van der Waals surface area contributed by atoms with Crippen molar-refractivity contribution in [1.29, 1.82) is 0 Å². The zero-order valence-electron chi connectivity index (χ0n) is 14.8. The molecule has 1 aliphatic heterocycles. The van der Waals surface area contributed by atoms with Crippen molar-refractivity contribution >= 4 is 21.6 Å². The number of anilines is 1. The molecule has 0 spiro atoms. The minimum absolute atomic E-state index is 0.135. The minimum atomic E-state index is -4.52. The molecule has 1 N–H and O–H groups in total. The Bertz CT molecular complexity index is 921. The molecule has 0 aliphatic carbocycles. The Morgan fingerprint density at radius 3 is 2.07 bits per heavy atom. The van der Waals surface area contributed by atoms with Gasteiger partial charge in [-0.2, -0.15) is 17.5 Å². The fourth-order valence-electron chi connectivity index (χ4n) is 3.09. The Hall–Kier alpha value is -2.39. The molecule has 3 rings (SSSR count). The molecule has 1 saturated heterocycles. The van der Waals surface area contributed by atoms with Gasteiger partial charge in [-0.3, -0.25) is 4.79 Å². The molecule has 0 atom stereocenters. The second kappa shape index (κ2) is 7.92. The van der Waals surface area contributed by atoms with Gasteiger partial charge in [-0.05, 0) is 49.2 Å². The number of halogens is 3. The van der Waals surface area contributed by atoms with Crippen LogP contribution in [0.4, 0.5) is 18.9 Å². The second-order valence-corrected chi connectivity index (χ2v) is 8.49. The van der Waals surface area contributed by atoms with E-state index in [4.69, 9.17) is 0 Å². The van der Waals surface area contributed by atoms with E-state index in [0.29, 0.717) is 18.5 Å². The first kappa shape index (κ1) is 20.3. The van der Waals surface area contributed by atoms with Gasteiger partial charge in [0.05, 0.1) is 10.5 Å². The summed E-state index contributed by atoms with van der Waals surface area (Å²) in [5.41, 5.74) is -0.227. The van der Waals surface area contributed by atoms with E-state index in [1.165, 1.54) is 4.31 Å². The Morgan fingerprint density at radius 1 is 0.964 bits per heavy atom. The number of benzene rings is 2. The highest BCUT2D eigenvalue weighted by Crippen LogP contribution is 2.31. The molecule has 1 fully saturated rings. The van der Waals surface area contributed by atoms with Gasteiger partial charge < -0.3 is 5.32 Å². The predicted molar refractivity (Wildman–Crippen MR) is 98.0 cm³/mol. The van der Waals surface area contributed by atoms with Gasteiger partial charge in [0.25, 0.3) is 0 Å². The van der Waals surface area contributed by atoms with Crippen molar-refractivity contribution < 1.29 is 26.4 Å². The highest BCUT2D eigenvalue weighted by molar-refractivity contribution is 7.89. The zero-order chi connectivity index (χ0) is 20.4. The average Bonchev–Trinajstić information content (AvgIpc) is 2.68. The van der Waals surface area contributed by atoms with Crippen molar-refractivity contribution in [1.82, 2.24) is 4.31 Å². The lowest BCUT2D eigenvalue weighted by atomic mass is 9.97. The number of amides is 1. The van der Waals surface area contributed by atoms with Crippen molar-refractivity contribution in [2.75, 3.05) is 18.4 Å². The van der Waals surface area contributed by atoms with Crippen LogP contribution < -0.4 is 5.32 Å². The molecule has 0 bridgehead atoms. The first-order valence-corrected chi connectivity index (χ1v) is 10.2. The van der Waals surface area contributed by atoms with Gasteiger partial charge in [0.1, 0.15) is 0 Å². The van der Waals surface area contributed by atoms with Crippen LogP contribution in [-0.2, 0) is 21.0 Å². The largest absolute Gasteiger partial charge is 0.416 e. The van der Waals surface area contributed by atoms with E-state index in [1.54, 1.807) is 24.3 Å². The van der Waals surface area contributed by atoms with Crippen LogP contribution in [0.3, 0.4) is 0 Å². The average molecular weight is 412 g/mol. The molecule has 0 radical (unpaired) electrons. The number of nitrogens with one attached hydrogen (secondary N) is 1. The summed E-state index contributed by atoms with van der Waals surface area (Å²) in [6, 6.07) is 12.4. The van der Waals surface area contributed by atoms with E-state index in [-0.39, 0.29) is 29.8 Å². The Morgan fingerprint density at radius 2 is 1.54 bits per heavy atom. The van der Waals surface area contributed by atoms with E-state index in [2.05, 4.69) is 5.32 Å². The number of sulfonamides is 1. The number of rotatable bonds is 4. The summed E-state index contributed by atoms with van der Waals surface area (Å²) in [5.74, 6) is -0.489. The Kier molecular flexibility index (Phi) is 5.76. The normalized spacial score (nSPS) is 16.7. The molecule has 150 valence electrons. The van der Waals surface area contributed by atoms with Crippen LogP contribution in [0.15, 0.2) is 59.5 Å². The van der Waals surface area contributed by atoms with E-state index in [1.807, 2.05) is 6.07 Å². The topological polar surface area (TPSA) is 66.5 Å². The summed E-state index contributed by atoms with van der Waals surface area (Å²) in [4.78, 5) is 12.2. The van der Waals surface area contributed by atoms with Crippen LogP contribution in [0.2, 0.25) is 0 Å². The van der Waals surface area contributed by atoms with Crippen molar-refractivity contribution in [3.05, 3.63) is 60.2 Å². The first-order chi connectivity index (χ1) is 13.2. The van der Waals surface area contributed by atoms with E-state index in [0.717, 1.165) is 24.3 Å². The van der Waals surface area contributed by atoms with Crippen LogP contribution in [0, 0.1) is 5.92 Å². The molecular formula is C19H19F3N2O3S. The molecule has 1 aliphatic rings. The van der Waals surface area contributed by atoms with Gasteiger partial charge in [0.2, 0.25) is 15.9 Å². The monoisotopic (exact) mass is 412 g/mol. The Balaban J connectivity index is 1.62. The third-order valence-corrected chi connectivity index (χ3v) is 6.60. The number of alkyl halides is 3. The van der Waals surface area contributed by atoms with Crippen molar-refractivity contribution in [3.8, 4) is 0 Å². The number of hydrogen-bond donors (Lipinski definition) is 1. The lowest BCUT2D eigenvalue weighted by Crippen LogP contribution is -2.41. The summed E-state index contributed by atoms with van der Waals surface area (Å²) in [6.07, 6.45) is -3.83. The Labute approximate surface area is 161 Å². The summed E-state index contributed by atoms with van der Waals surface area (Å²) in [6.45, 7) is 0.270. The number of piperidine rings is 1. The SMILES string of the molecule is O=C(Nc1ccccc1)C1CCN(S(=O)(=O)c2ccc(C(F)(F)F)cc2)CC1. The van der Waals surface area contributed by atoms with Gasteiger partial charge in [-0.1, -0.05) is 18.2 Å². The van der Waals surface area contributed by atoms with Gasteiger partial charge in [0.15, 0.2) is 0 Å². The molecule has 1 amide bonds. The van der Waals surface area contributed by atoms with Gasteiger partial charge in [0, 0.05) is 24.7 Å². The van der Waals surface area contributed by atoms with Crippen LogP contribution in [0.1, 0.15) is 18.4 Å². The highest BCUT2D eigenvalue weighted by Gasteiger charge is 2.34. The number of carbonyl (C=O) groups is 1. The number of para-hydroxylation sites is 1. The molecule has 28 heavy (non-hydrogen) atoms. The van der Waals surface area contributed by atoms with Crippen LogP contribution in [0.25, 0.3) is 0 Å². The molecule has 2 aromatic rings. The lowest BCUT2D eigenvalue weighted by Gasteiger charge is -2.30. The quantitative estimate of drug-likeness (QED) is 0.832. The third kappa shape index (κ3) is 4.53. The third-order valence-electron chi connectivity index (χ3n) is 4.69. The number of nitrogens with zero attached hydrogens (tertiary/aromatic N) is 1. The van der Waals surface area contributed by atoms with Gasteiger partial charge >= 0.3 is 6.18 Å². The molecule has 5 nitrogen and oxygen atoms in total.